The second-order valence-electron chi connectivity index (χ2n) is 7.17. The number of rotatable bonds is 6. The van der Waals surface area contributed by atoms with Crippen molar-refractivity contribution in [2.75, 3.05) is 18.9 Å². The van der Waals surface area contributed by atoms with E-state index in [0.717, 1.165) is 24.1 Å². The van der Waals surface area contributed by atoms with Gasteiger partial charge in [-0.25, -0.2) is 0 Å². The zero-order chi connectivity index (χ0) is 21.0. The summed E-state index contributed by atoms with van der Waals surface area (Å²) in [4.78, 5) is 14.2. The maximum atomic E-state index is 12.6. The van der Waals surface area contributed by atoms with Gasteiger partial charge in [-0.2, -0.15) is 8.42 Å². The Morgan fingerprint density at radius 3 is 2.72 bits per heavy atom. The molecule has 2 aromatic carbocycles. The van der Waals surface area contributed by atoms with Crippen molar-refractivity contribution in [3.8, 4) is 0 Å². The Labute approximate surface area is 176 Å². The van der Waals surface area contributed by atoms with E-state index >= 15 is 0 Å². The van der Waals surface area contributed by atoms with Gasteiger partial charge in [0.05, 0.1) is 4.90 Å². The first-order chi connectivity index (χ1) is 13.7. The number of anilines is 1. The third kappa shape index (κ3) is 5.58. The lowest BCUT2D eigenvalue weighted by Crippen LogP contribution is -2.20. The van der Waals surface area contributed by atoms with Crippen LogP contribution >= 0.6 is 11.6 Å². The highest BCUT2D eigenvalue weighted by molar-refractivity contribution is 7.90. The summed E-state index contributed by atoms with van der Waals surface area (Å²) in [5.41, 5.74) is 2.40. The summed E-state index contributed by atoms with van der Waals surface area (Å²) >= 11 is 6.12. The number of aryl methyl sites for hydroxylation is 2. The van der Waals surface area contributed by atoms with E-state index in [0.29, 0.717) is 29.4 Å². The number of amides is 1. The van der Waals surface area contributed by atoms with E-state index in [1.807, 2.05) is 37.1 Å². The predicted octanol–water partition coefficient (Wildman–Crippen LogP) is 4.03. The van der Waals surface area contributed by atoms with Crippen LogP contribution in [0.1, 0.15) is 30.4 Å². The lowest BCUT2D eigenvalue weighted by atomic mass is 10.1. The van der Waals surface area contributed by atoms with E-state index in [4.69, 9.17) is 11.6 Å². The average molecular weight is 434 g/mol. The molecule has 0 atom stereocenters. The largest absolute Gasteiger partial charge is 0.362 e. The quantitative estimate of drug-likeness (QED) is 0.745. The summed E-state index contributed by atoms with van der Waals surface area (Å²) in [6.45, 7) is 2.73. The molecule has 1 N–H and O–H groups in total. The highest BCUT2D eigenvalue weighted by Crippen LogP contribution is 2.21. The first kappa shape index (κ1) is 21.3. The van der Waals surface area contributed by atoms with Gasteiger partial charge in [-0.05, 0) is 55.2 Å². The fourth-order valence-electron chi connectivity index (χ4n) is 3.11. The smallest absolute Gasteiger partial charge is 0.284 e. The summed E-state index contributed by atoms with van der Waals surface area (Å²) in [6.07, 6.45) is 2.36. The molecule has 1 aliphatic heterocycles. The Morgan fingerprint density at radius 1 is 1.24 bits per heavy atom. The van der Waals surface area contributed by atoms with Crippen LogP contribution in [0.4, 0.5) is 5.69 Å². The number of hydrogen-bond acceptors (Lipinski definition) is 3. The predicted molar refractivity (Wildman–Crippen MR) is 116 cm³/mol. The van der Waals surface area contributed by atoms with Crippen molar-refractivity contribution in [3.05, 3.63) is 58.6 Å². The van der Waals surface area contributed by atoms with Gasteiger partial charge >= 0.3 is 0 Å². The lowest BCUT2D eigenvalue weighted by Gasteiger charge is -2.11. The van der Waals surface area contributed by atoms with Gasteiger partial charge in [-0.15, -0.1) is 4.40 Å². The fourth-order valence-corrected chi connectivity index (χ4v) is 4.45. The van der Waals surface area contributed by atoms with Gasteiger partial charge in [-0.3, -0.25) is 4.79 Å². The summed E-state index contributed by atoms with van der Waals surface area (Å²) in [5, 5.41) is 3.43. The molecular formula is C21H24ClN3O3S. The number of benzene rings is 2. The van der Waals surface area contributed by atoms with Crippen LogP contribution in [-0.4, -0.2) is 38.7 Å². The Bertz CT molecular complexity index is 1050. The first-order valence-corrected chi connectivity index (χ1v) is 11.3. The Hall–Kier alpha value is -2.38. The van der Waals surface area contributed by atoms with E-state index in [1.165, 1.54) is 12.1 Å². The van der Waals surface area contributed by atoms with Crippen LogP contribution in [0.25, 0.3) is 0 Å². The molecule has 6 nitrogen and oxygen atoms in total. The molecule has 0 aromatic heterocycles. The van der Waals surface area contributed by atoms with Gasteiger partial charge in [0.2, 0.25) is 5.91 Å². The van der Waals surface area contributed by atoms with Crippen LogP contribution in [0.3, 0.4) is 0 Å². The van der Waals surface area contributed by atoms with Gasteiger partial charge in [0.1, 0.15) is 5.84 Å². The number of nitrogens with one attached hydrogen (secondary N) is 1. The molecule has 0 radical (unpaired) electrons. The maximum Gasteiger partial charge on any atom is 0.284 e. The van der Waals surface area contributed by atoms with Crippen LogP contribution < -0.4 is 5.32 Å². The van der Waals surface area contributed by atoms with Crippen LogP contribution in [0.15, 0.2) is 51.8 Å². The minimum atomic E-state index is -3.82. The number of nitrogens with zero attached hydrogens (tertiary/aromatic N) is 2. The molecule has 1 saturated heterocycles. The van der Waals surface area contributed by atoms with Crippen molar-refractivity contribution in [3.63, 3.8) is 0 Å². The molecule has 154 valence electrons. The fraction of sp³-hybridized carbons (Fsp3) is 0.333. The van der Waals surface area contributed by atoms with Crippen molar-refractivity contribution in [1.29, 1.82) is 0 Å². The SMILES string of the molecule is Cc1ccc(CCC(=O)Nc2cccc(S(=O)(=O)/N=C3/CCCN3C)c2)cc1Cl. The van der Waals surface area contributed by atoms with E-state index in [-0.39, 0.29) is 17.2 Å². The molecule has 0 bridgehead atoms. The summed E-state index contributed by atoms with van der Waals surface area (Å²) in [5.74, 6) is 0.370. The third-order valence-corrected chi connectivity index (χ3v) is 6.56. The van der Waals surface area contributed by atoms with Crippen molar-refractivity contribution < 1.29 is 13.2 Å². The highest BCUT2D eigenvalue weighted by atomic mass is 35.5. The van der Waals surface area contributed by atoms with E-state index in [1.54, 1.807) is 12.1 Å². The van der Waals surface area contributed by atoms with Crippen LogP contribution in [0, 0.1) is 6.92 Å². The molecule has 0 spiro atoms. The van der Waals surface area contributed by atoms with Gasteiger partial charge in [0.25, 0.3) is 10.0 Å². The molecule has 1 aliphatic rings. The van der Waals surface area contributed by atoms with Crippen molar-refractivity contribution >= 4 is 39.1 Å². The van der Waals surface area contributed by atoms with E-state index in [9.17, 15) is 13.2 Å². The van der Waals surface area contributed by atoms with E-state index in [2.05, 4.69) is 9.71 Å². The van der Waals surface area contributed by atoms with Crippen LogP contribution in [-0.2, 0) is 21.2 Å². The van der Waals surface area contributed by atoms with Crippen molar-refractivity contribution in [1.82, 2.24) is 4.90 Å². The lowest BCUT2D eigenvalue weighted by molar-refractivity contribution is -0.116. The van der Waals surface area contributed by atoms with Gasteiger partial charge in [0, 0.05) is 37.1 Å². The monoisotopic (exact) mass is 433 g/mol. The molecule has 3 rings (SSSR count). The van der Waals surface area contributed by atoms with Crippen LogP contribution in [0.2, 0.25) is 5.02 Å². The number of hydrogen-bond donors (Lipinski definition) is 1. The molecule has 2 aromatic rings. The van der Waals surface area contributed by atoms with Crippen LogP contribution in [0.5, 0.6) is 0 Å². The van der Waals surface area contributed by atoms with Gasteiger partial charge < -0.3 is 10.2 Å². The average Bonchev–Trinajstić information content (AvgIpc) is 3.07. The number of sulfonamides is 1. The zero-order valence-electron chi connectivity index (χ0n) is 16.5. The van der Waals surface area contributed by atoms with Crippen molar-refractivity contribution in [2.24, 2.45) is 4.40 Å². The van der Waals surface area contributed by atoms with E-state index < -0.39 is 10.0 Å². The minimum absolute atomic E-state index is 0.0633. The summed E-state index contributed by atoms with van der Waals surface area (Å²) in [6, 6.07) is 11.9. The molecule has 8 heteroatoms. The number of carbonyl (C=O) groups is 1. The zero-order valence-corrected chi connectivity index (χ0v) is 18.1. The molecule has 0 saturated carbocycles. The molecule has 1 fully saturated rings. The second kappa shape index (κ2) is 8.97. The molecular weight excluding hydrogens is 410 g/mol. The highest BCUT2D eigenvalue weighted by Gasteiger charge is 2.20. The number of likely N-dealkylation sites (tertiary alicyclic amines) is 1. The minimum Gasteiger partial charge on any atom is -0.362 e. The Kier molecular flexibility index (Phi) is 6.59. The molecule has 0 unspecified atom stereocenters. The Balaban J connectivity index is 1.66. The molecule has 29 heavy (non-hydrogen) atoms. The molecule has 1 amide bonds. The topological polar surface area (TPSA) is 78.8 Å². The second-order valence-corrected chi connectivity index (χ2v) is 9.18. The summed E-state index contributed by atoms with van der Waals surface area (Å²) < 4.78 is 29.2. The summed E-state index contributed by atoms with van der Waals surface area (Å²) in [7, 11) is -1.99. The normalized spacial score (nSPS) is 15.7. The Morgan fingerprint density at radius 2 is 2.03 bits per heavy atom. The molecule has 0 aliphatic carbocycles. The number of halogens is 1. The molecule has 1 heterocycles. The van der Waals surface area contributed by atoms with Gasteiger partial charge in [-0.1, -0.05) is 29.8 Å². The number of amidine groups is 1. The standard InChI is InChI=1S/C21H24ClN3O3S/c1-15-8-9-16(13-19(15)22)10-11-21(26)23-17-5-3-6-18(14-17)29(27,28)24-20-7-4-12-25(20)2/h3,5-6,8-9,13-14H,4,7,10-12H2,1-2H3,(H,23,26)/b24-20-. The maximum absolute atomic E-state index is 12.6. The first-order valence-electron chi connectivity index (χ1n) is 9.44. The van der Waals surface area contributed by atoms with Crippen molar-refractivity contribution in [2.45, 2.75) is 37.5 Å². The van der Waals surface area contributed by atoms with Gasteiger partial charge in [0.15, 0.2) is 0 Å². The number of carbonyl (C=O) groups excluding carboxylic acids is 1. The third-order valence-electron chi connectivity index (χ3n) is 4.85.